The molecule has 18 heavy (non-hydrogen) atoms. The Morgan fingerprint density at radius 3 is 2.67 bits per heavy atom. The van der Waals surface area contributed by atoms with Gasteiger partial charge in [0.2, 0.25) is 0 Å². The lowest BCUT2D eigenvalue weighted by Gasteiger charge is -2.26. The van der Waals surface area contributed by atoms with Crippen molar-refractivity contribution < 1.29 is 4.79 Å². The van der Waals surface area contributed by atoms with Crippen LogP contribution in [0.1, 0.15) is 36.2 Å². The average molecular weight is 245 g/mol. The van der Waals surface area contributed by atoms with Gasteiger partial charge in [-0.15, -0.1) is 0 Å². The van der Waals surface area contributed by atoms with Gasteiger partial charge in [0.1, 0.15) is 0 Å². The van der Waals surface area contributed by atoms with Gasteiger partial charge in [0.15, 0.2) is 0 Å². The van der Waals surface area contributed by atoms with E-state index in [9.17, 15) is 4.79 Å². The Bertz CT molecular complexity index is 474. The molecular formula is C14H19N3O. The van der Waals surface area contributed by atoms with Crippen LogP contribution in [0.25, 0.3) is 0 Å². The minimum atomic E-state index is -0.0437. The zero-order valence-electron chi connectivity index (χ0n) is 11.1. The molecule has 0 aliphatic rings. The average Bonchev–Trinajstić information content (AvgIpc) is 2.28. The highest BCUT2D eigenvalue weighted by Gasteiger charge is 2.19. The number of nitriles is 1. The summed E-state index contributed by atoms with van der Waals surface area (Å²) in [5, 5.41) is 8.64. The predicted octanol–water partition coefficient (Wildman–Crippen LogP) is 2.34. The third-order valence-electron chi connectivity index (χ3n) is 2.83. The molecule has 0 fully saturated rings. The number of nitrogens with two attached hydrogens (primary N) is 1. The quantitative estimate of drug-likeness (QED) is 0.828. The van der Waals surface area contributed by atoms with Gasteiger partial charge >= 0.3 is 0 Å². The van der Waals surface area contributed by atoms with E-state index in [0.717, 1.165) is 5.56 Å². The summed E-state index contributed by atoms with van der Waals surface area (Å²) in [6.07, 6.45) is 0.345. The number of anilines is 1. The van der Waals surface area contributed by atoms with Crippen LogP contribution in [0, 0.1) is 18.3 Å². The fraction of sp³-hybridized carbons (Fsp3) is 0.429. The van der Waals surface area contributed by atoms with Gasteiger partial charge in [-0.05, 0) is 44.5 Å². The van der Waals surface area contributed by atoms with Crippen LogP contribution in [-0.4, -0.2) is 23.4 Å². The highest BCUT2D eigenvalue weighted by atomic mass is 16.2. The van der Waals surface area contributed by atoms with Crippen molar-refractivity contribution in [1.82, 2.24) is 4.90 Å². The van der Waals surface area contributed by atoms with Gasteiger partial charge < -0.3 is 10.6 Å². The molecule has 4 heteroatoms. The predicted molar refractivity (Wildman–Crippen MR) is 72.0 cm³/mol. The number of aryl methyl sites for hydroxylation is 1. The van der Waals surface area contributed by atoms with Crippen LogP contribution < -0.4 is 5.73 Å². The lowest BCUT2D eigenvalue weighted by Crippen LogP contribution is -2.38. The van der Waals surface area contributed by atoms with Gasteiger partial charge in [0, 0.05) is 23.8 Å². The molecule has 1 aromatic rings. The van der Waals surface area contributed by atoms with Crippen LogP contribution in [0.3, 0.4) is 0 Å². The van der Waals surface area contributed by atoms with E-state index in [1.54, 1.807) is 23.1 Å². The number of carbonyl (C=O) groups is 1. The van der Waals surface area contributed by atoms with Crippen molar-refractivity contribution in [3.63, 3.8) is 0 Å². The summed E-state index contributed by atoms with van der Waals surface area (Å²) in [5.41, 5.74) is 7.84. The third kappa shape index (κ3) is 3.24. The highest BCUT2D eigenvalue weighted by molar-refractivity contribution is 5.96. The van der Waals surface area contributed by atoms with Crippen molar-refractivity contribution in [3.8, 4) is 6.07 Å². The summed E-state index contributed by atoms with van der Waals surface area (Å²) in [7, 11) is 0. The normalized spacial score (nSPS) is 10.2. The first-order valence-electron chi connectivity index (χ1n) is 6.01. The van der Waals surface area contributed by atoms with E-state index in [-0.39, 0.29) is 11.9 Å². The smallest absolute Gasteiger partial charge is 0.254 e. The van der Waals surface area contributed by atoms with E-state index in [1.807, 2.05) is 20.8 Å². The largest absolute Gasteiger partial charge is 0.399 e. The van der Waals surface area contributed by atoms with Gasteiger partial charge in [0.25, 0.3) is 5.91 Å². The molecule has 0 aliphatic heterocycles. The number of hydrogen-bond acceptors (Lipinski definition) is 3. The number of amides is 1. The van der Waals surface area contributed by atoms with Crippen molar-refractivity contribution in [1.29, 1.82) is 5.26 Å². The fourth-order valence-electron chi connectivity index (χ4n) is 1.85. The molecule has 0 spiro atoms. The maximum Gasteiger partial charge on any atom is 0.254 e. The number of rotatable bonds is 4. The van der Waals surface area contributed by atoms with E-state index in [4.69, 9.17) is 11.0 Å². The number of benzene rings is 1. The lowest BCUT2D eigenvalue weighted by atomic mass is 10.1. The number of nitrogen functional groups attached to an aromatic ring is 1. The van der Waals surface area contributed by atoms with Gasteiger partial charge in [-0.1, -0.05) is 0 Å². The molecule has 0 saturated carbocycles. The van der Waals surface area contributed by atoms with Crippen molar-refractivity contribution in [2.45, 2.75) is 33.2 Å². The highest BCUT2D eigenvalue weighted by Crippen LogP contribution is 2.16. The molecule has 96 valence electrons. The van der Waals surface area contributed by atoms with Crippen LogP contribution in [0.2, 0.25) is 0 Å². The Kier molecular flexibility index (Phi) is 4.73. The van der Waals surface area contributed by atoms with Crippen LogP contribution in [0.4, 0.5) is 5.69 Å². The SMILES string of the molecule is Cc1cc(N)ccc1C(=O)N(CCC#N)C(C)C. The molecule has 0 aliphatic carbocycles. The van der Waals surface area contributed by atoms with Crippen LogP contribution in [-0.2, 0) is 0 Å². The minimum Gasteiger partial charge on any atom is -0.399 e. The van der Waals surface area contributed by atoms with E-state index < -0.39 is 0 Å². The van der Waals surface area contributed by atoms with Gasteiger partial charge in [-0.2, -0.15) is 5.26 Å². The molecular weight excluding hydrogens is 226 g/mol. The van der Waals surface area contributed by atoms with Crippen molar-refractivity contribution >= 4 is 11.6 Å². The summed E-state index contributed by atoms with van der Waals surface area (Å²) in [4.78, 5) is 14.1. The number of hydrogen-bond donors (Lipinski definition) is 1. The second-order valence-corrected chi connectivity index (χ2v) is 4.57. The molecule has 0 radical (unpaired) electrons. The molecule has 0 bridgehead atoms. The summed E-state index contributed by atoms with van der Waals surface area (Å²) in [6, 6.07) is 7.40. The summed E-state index contributed by atoms with van der Waals surface area (Å²) < 4.78 is 0. The molecule has 0 unspecified atom stereocenters. The monoisotopic (exact) mass is 245 g/mol. The molecule has 0 saturated heterocycles. The molecule has 4 nitrogen and oxygen atoms in total. The Labute approximate surface area is 108 Å². The first-order chi connectivity index (χ1) is 8.47. The summed E-state index contributed by atoms with van der Waals surface area (Å²) >= 11 is 0. The molecule has 0 heterocycles. The first kappa shape index (κ1) is 14.0. The van der Waals surface area contributed by atoms with Gasteiger partial charge in [0.05, 0.1) is 12.5 Å². The number of nitrogens with zero attached hydrogens (tertiary/aromatic N) is 2. The van der Waals surface area contributed by atoms with E-state index in [0.29, 0.717) is 24.2 Å². The molecule has 0 atom stereocenters. The maximum absolute atomic E-state index is 12.4. The Balaban J connectivity index is 2.99. The van der Waals surface area contributed by atoms with Gasteiger partial charge in [-0.25, -0.2) is 0 Å². The third-order valence-corrected chi connectivity index (χ3v) is 2.83. The molecule has 1 aromatic carbocycles. The van der Waals surface area contributed by atoms with E-state index in [1.165, 1.54) is 0 Å². The Morgan fingerprint density at radius 1 is 1.50 bits per heavy atom. The number of carbonyl (C=O) groups excluding carboxylic acids is 1. The maximum atomic E-state index is 12.4. The van der Waals surface area contributed by atoms with Crippen molar-refractivity contribution in [3.05, 3.63) is 29.3 Å². The Hall–Kier alpha value is -2.02. The van der Waals surface area contributed by atoms with Crippen LogP contribution in [0.5, 0.6) is 0 Å². The van der Waals surface area contributed by atoms with Crippen molar-refractivity contribution in [2.24, 2.45) is 0 Å². The molecule has 1 amide bonds. The summed E-state index contributed by atoms with van der Waals surface area (Å²) in [5.74, 6) is -0.0437. The first-order valence-corrected chi connectivity index (χ1v) is 6.01. The summed E-state index contributed by atoms with van der Waals surface area (Å²) in [6.45, 7) is 6.22. The standard InChI is InChI=1S/C14H19N3O/c1-10(2)17(8-4-7-15)14(18)13-6-5-12(16)9-11(13)3/h5-6,9-10H,4,8,16H2,1-3H3. The topological polar surface area (TPSA) is 70.1 Å². The Morgan fingerprint density at radius 2 is 2.17 bits per heavy atom. The molecule has 1 rings (SSSR count). The van der Waals surface area contributed by atoms with E-state index >= 15 is 0 Å². The van der Waals surface area contributed by atoms with Gasteiger partial charge in [-0.3, -0.25) is 4.79 Å². The minimum absolute atomic E-state index is 0.0437. The van der Waals surface area contributed by atoms with Crippen LogP contribution in [0.15, 0.2) is 18.2 Å². The molecule has 2 N–H and O–H groups in total. The van der Waals surface area contributed by atoms with Crippen molar-refractivity contribution in [2.75, 3.05) is 12.3 Å². The van der Waals surface area contributed by atoms with E-state index in [2.05, 4.69) is 6.07 Å². The second-order valence-electron chi connectivity index (χ2n) is 4.57. The molecule has 0 aromatic heterocycles. The zero-order valence-corrected chi connectivity index (χ0v) is 11.1. The second kappa shape index (κ2) is 6.06. The zero-order chi connectivity index (χ0) is 13.7. The fourth-order valence-corrected chi connectivity index (χ4v) is 1.85. The lowest BCUT2D eigenvalue weighted by molar-refractivity contribution is 0.0709. The van der Waals surface area contributed by atoms with Crippen LogP contribution >= 0.6 is 0 Å².